The molecule has 0 spiro atoms. The molecular weight excluding hydrogens is 252 g/mol. The number of hydrogen-bond donors (Lipinski definition) is 1. The molecule has 0 saturated carbocycles. The molecule has 2 aromatic rings. The van der Waals surface area contributed by atoms with Crippen LogP contribution in [-0.2, 0) is 6.54 Å². The molecule has 1 heterocycles. The van der Waals surface area contributed by atoms with Crippen LogP contribution in [0.15, 0.2) is 34.9 Å². The standard InChI is InChI=1S/C16H22N2O2/c1-3-5-10-19-15-8-6-13(7-9-15)16-11-14(18-20-16)12-17-4-2/h6-9,11,17H,3-5,10,12H2,1-2H3. The molecule has 4 nitrogen and oxygen atoms in total. The van der Waals surface area contributed by atoms with Gasteiger partial charge in [0.2, 0.25) is 0 Å². The van der Waals surface area contributed by atoms with Gasteiger partial charge in [0.1, 0.15) is 5.75 Å². The summed E-state index contributed by atoms with van der Waals surface area (Å²) in [5.41, 5.74) is 1.94. The van der Waals surface area contributed by atoms with Gasteiger partial charge in [0, 0.05) is 18.2 Å². The Bertz CT molecular complexity index is 505. The summed E-state index contributed by atoms with van der Waals surface area (Å²) in [6.07, 6.45) is 2.22. The lowest BCUT2D eigenvalue weighted by Gasteiger charge is -2.05. The van der Waals surface area contributed by atoms with Gasteiger partial charge in [-0.1, -0.05) is 25.4 Å². The van der Waals surface area contributed by atoms with Crippen LogP contribution in [0.2, 0.25) is 0 Å². The topological polar surface area (TPSA) is 47.3 Å². The highest BCUT2D eigenvalue weighted by Gasteiger charge is 2.06. The molecule has 4 heteroatoms. The van der Waals surface area contributed by atoms with Crippen LogP contribution in [-0.4, -0.2) is 18.3 Å². The predicted molar refractivity (Wildman–Crippen MR) is 79.7 cm³/mol. The highest BCUT2D eigenvalue weighted by Crippen LogP contribution is 2.23. The van der Waals surface area contributed by atoms with E-state index in [0.717, 1.165) is 55.3 Å². The molecule has 0 fully saturated rings. The van der Waals surface area contributed by atoms with E-state index < -0.39 is 0 Å². The normalized spacial score (nSPS) is 10.7. The molecule has 1 N–H and O–H groups in total. The van der Waals surface area contributed by atoms with Crippen LogP contribution in [0.1, 0.15) is 32.4 Å². The van der Waals surface area contributed by atoms with Crippen molar-refractivity contribution in [3.8, 4) is 17.1 Å². The van der Waals surface area contributed by atoms with Crippen molar-refractivity contribution in [2.24, 2.45) is 0 Å². The molecule has 0 radical (unpaired) electrons. The zero-order chi connectivity index (χ0) is 14.2. The van der Waals surface area contributed by atoms with Gasteiger partial charge in [0.25, 0.3) is 0 Å². The molecule has 0 saturated heterocycles. The van der Waals surface area contributed by atoms with Crippen molar-refractivity contribution in [1.29, 1.82) is 0 Å². The summed E-state index contributed by atoms with van der Waals surface area (Å²) >= 11 is 0. The fourth-order valence-corrected chi connectivity index (χ4v) is 1.83. The molecule has 0 aliphatic carbocycles. The van der Waals surface area contributed by atoms with Gasteiger partial charge in [-0.2, -0.15) is 0 Å². The van der Waals surface area contributed by atoms with Crippen LogP contribution < -0.4 is 10.1 Å². The lowest BCUT2D eigenvalue weighted by molar-refractivity contribution is 0.309. The van der Waals surface area contributed by atoms with Gasteiger partial charge in [-0.3, -0.25) is 0 Å². The van der Waals surface area contributed by atoms with E-state index in [-0.39, 0.29) is 0 Å². The number of aromatic nitrogens is 1. The van der Waals surface area contributed by atoms with E-state index in [2.05, 4.69) is 24.3 Å². The summed E-state index contributed by atoms with van der Waals surface area (Å²) in [7, 11) is 0. The third-order valence-electron chi connectivity index (χ3n) is 3.02. The predicted octanol–water partition coefficient (Wildman–Crippen LogP) is 3.63. The van der Waals surface area contributed by atoms with E-state index in [1.165, 1.54) is 0 Å². The molecule has 0 aliphatic heterocycles. The highest BCUT2D eigenvalue weighted by atomic mass is 16.5. The van der Waals surface area contributed by atoms with Crippen LogP contribution in [0.3, 0.4) is 0 Å². The quantitative estimate of drug-likeness (QED) is 0.747. The van der Waals surface area contributed by atoms with E-state index in [4.69, 9.17) is 9.26 Å². The largest absolute Gasteiger partial charge is 0.494 e. The van der Waals surface area contributed by atoms with E-state index in [9.17, 15) is 0 Å². The number of hydrogen-bond acceptors (Lipinski definition) is 4. The summed E-state index contributed by atoms with van der Waals surface area (Å²) in [6, 6.07) is 9.90. The molecule has 108 valence electrons. The second-order valence-electron chi connectivity index (χ2n) is 4.69. The third-order valence-corrected chi connectivity index (χ3v) is 3.02. The smallest absolute Gasteiger partial charge is 0.167 e. The van der Waals surface area contributed by atoms with E-state index in [0.29, 0.717) is 0 Å². The van der Waals surface area contributed by atoms with Gasteiger partial charge < -0.3 is 14.6 Å². The van der Waals surface area contributed by atoms with Crippen molar-refractivity contribution in [3.05, 3.63) is 36.0 Å². The first-order chi connectivity index (χ1) is 9.83. The Hall–Kier alpha value is -1.81. The van der Waals surface area contributed by atoms with Gasteiger partial charge >= 0.3 is 0 Å². The summed E-state index contributed by atoms with van der Waals surface area (Å²) in [4.78, 5) is 0. The Morgan fingerprint density at radius 2 is 2.00 bits per heavy atom. The first kappa shape index (κ1) is 14.6. The van der Waals surface area contributed by atoms with Crippen molar-refractivity contribution >= 4 is 0 Å². The first-order valence-corrected chi connectivity index (χ1v) is 7.23. The fourth-order valence-electron chi connectivity index (χ4n) is 1.83. The van der Waals surface area contributed by atoms with Gasteiger partial charge in [-0.25, -0.2) is 0 Å². The van der Waals surface area contributed by atoms with E-state index >= 15 is 0 Å². The number of rotatable bonds is 8. The van der Waals surface area contributed by atoms with Crippen LogP contribution in [0.4, 0.5) is 0 Å². The van der Waals surface area contributed by atoms with Crippen molar-refractivity contribution in [1.82, 2.24) is 10.5 Å². The van der Waals surface area contributed by atoms with Crippen LogP contribution in [0.5, 0.6) is 5.75 Å². The number of nitrogens with zero attached hydrogens (tertiary/aromatic N) is 1. The van der Waals surface area contributed by atoms with Crippen LogP contribution >= 0.6 is 0 Å². The van der Waals surface area contributed by atoms with E-state index in [1.54, 1.807) is 0 Å². The molecule has 0 atom stereocenters. The summed E-state index contributed by atoms with van der Waals surface area (Å²) < 4.78 is 11.0. The Morgan fingerprint density at radius 1 is 1.20 bits per heavy atom. The SMILES string of the molecule is CCCCOc1ccc(-c2cc(CNCC)no2)cc1. The summed E-state index contributed by atoms with van der Waals surface area (Å²) in [5.74, 6) is 1.69. The molecule has 0 aliphatic rings. The maximum Gasteiger partial charge on any atom is 0.167 e. The second kappa shape index (κ2) is 7.70. The molecule has 20 heavy (non-hydrogen) atoms. The maximum absolute atomic E-state index is 5.64. The molecule has 1 aromatic carbocycles. The Balaban J connectivity index is 1.96. The first-order valence-electron chi connectivity index (χ1n) is 7.23. The molecule has 0 bridgehead atoms. The maximum atomic E-state index is 5.64. The van der Waals surface area contributed by atoms with Crippen molar-refractivity contribution in [2.45, 2.75) is 33.2 Å². The number of unbranched alkanes of at least 4 members (excludes halogenated alkanes) is 1. The lowest BCUT2D eigenvalue weighted by Crippen LogP contribution is -2.11. The number of nitrogens with one attached hydrogen (secondary N) is 1. The average molecular weight is 274 g/mol. The van der Waals surface area contributed by atoms with Crippen molar-refractivity contribution in [2.75, 3.05) is 13.2 Å². The Kier molecular flexibility index (Phi) is 5.62. The fraction of sp³-hybridized carbons (Fsp3) is 0.438. The highest BCUT2D eigenvalue weighted by molar-refractivity contribution is 5.58. The van der Waals surface area contributed by atoms with Gasteiger partial charge in [0.15, 0.2) is 5.76 Å². The minimum absolute atomic E-state index is 0.734. The monoisotopic (exact) mass is 274 g/mol. The van der Waals surface area contributed by atoms with Crippen molar-refractivity contribution in [3.63, 3.8) is 0 Å². The molecular formula is C16H22N2O2. The Morgan fingerprint density at radius 3 is 2.70 bits per heavy atom. The average Bonchev–Trinajstić information content (AvgIpc) is 2.95. The summed E-state index contributed by atoms with van der Waals surface area (Å²) in [6.45, 7) is 6.65. The minimum Gasteiger partial charge on any atom is -0.494 e. The zero-order valence-electron chi connectivity index (χ0n) is 12.2. The summed E-state index contributed by atoms with van der Waals surface area (Å²) in [5, 5.41) is 7.27. The molecule has 0 unspecified atom stereocenters. The zero-order valence-corrected chi connectivity index (χ0v) is 12.2. The lowest BCUT2D eigenvalue weighted by atomic mass is 10.1. The van der Waals surface area contributed by atoms with E-state index in [1.807, 2.05) is 30.3 Å². The minimum atomic E-state index is 0.734. The number of ether oxygens (including phenoxy) is 1. The van der Waals surface area contributed by atoms with Crippen molar-refractivity contribution < 1.29 is 9.26 Å². The molecule has 1 aromatic heterocycles. The molecule has 0 amide bonds. The third kappa shape index (κ3) is 4.10. The van der Waals surface area contributed by atoms with Gasteiger partial charge in [-0.05, 0) is 37.2 Å². The van der Waals surface area contributed by atoms with Crippen LogP contribution in [0, 0.1) is 0 Å². The number of benzene rings is 1. The van der Waals surface area contributed by atoms with Crippen LogP contribution in [0.25, 0.3) is 11.3 Å². The van der Waals surface area contributed by atoms with Gasteiger partial charge in [-0.15, -0.1) is 0 Å². The Labute approximate surface area is 120 Å². The second-order valence-corrected chi connectivity index (χ2v) is 4.69. The van der Waals surface area contributed by atoms with Gasteiger partial charge in [0.05, 0.1) is 12.3 Å². The molecule has 2 rings (SSSR count).